The predicted molar refractivity (Wildman–Crippen MR) is 78.7 cm³/mol. The van der Waals surface area contributed by atoms with E-state index >= 15 is 0 Å². The Labute approximate surface area is 129 Å². The number of nitrogens with one attached hydrogen (secondary N) is 1. The molecule has 1 aromatic rings. The molecule has 0 aliphatic carbocycles. The summed E-state index contributed by atoms with van der Waals surface area (Å²) in [6.45, 7) is 3.42. The fourth-order valence-corrected chi connectivity index (χ4v) is 3.29. The zero-order valence-corrected chi connectivity index (χ0v) is 12.5. The molecule has 1 N–H and O–H groups in total. The summed E-state index contributed by atoms with van der Waals surface area (Å²) in [6, 6.07) is 3.36. The molecule has 0 unspecified atom stereocenters. The number of hydrogen-bond donors (Lipinski definition) is 1. The minimum Gasteiger partial charge on any atom is -0.338 e. The molecule has 6 heteroatoms. The molecule has 3 nitrogen and oxygen atoms in total. The first-order valence-corrected chi connectivity index (χ1v) is 7.05. The smallest absolute Gasteiger partial charge is 0.253 e. The van der Waals surface area contributed by atoms with Crippen molar-refractivity contribution in [2.75, 3.05) is 26.2 Å². The van der Waals surface area contributed by atoms with E-state index in [2.05, 4.69) is 5.32 Å². The Morgan fingerprint density at radius 2 is 1.86 bits per heavy atom. The number of amides is 1. The van der Waals surface area contributed by atoms with E-state index in [4.69, 9.17) is 0 Å². The van der Waals surface area contributed by atoms with Crippen LogP contribution in [-0.2, 0) is 0 Å². The molecular weight excluding hydrogens is 298 g/mol. The van der Waals surface area contributed by atoms with Gasteiger partial charge in [0.15, 0.2) is 11.6 Å². The molecule has 2 aliphatic rings. The first kappa shape index (κ1) is 16.2. The largest absolute Gasteiger partial charge is 0.338 e. The lowest BCUT2D eigenvalue weighted by atomic mass is 9.78. The van der Waals surface area contributed by atoms with Crippen LogP contribution in [0.3, 0.4) is 0 Å². The highest BCUT2D eigenvalue weighted by Crippen LogP contribution is 2.39. The molecule has 0 saturated carbocycles. The predicted octanol–water partition coefficient (Wildman–Crippen LogP) is 2.60. The molecule has 2 saturated heterocycles. The van der Waals surface area contributed by atoms with Gasteiger partial charge in [0.1, 0.15) is 0 Å². The van der Waals surface area contributed by atoms with Gasteiger partial charge in [-0.05, 0) is 56.0 Å². The maximum absolute atomic E-state index is 13.2. The summed E-state index contributed by atoms with van der Waals surface area (Å²) >= 11 is 0. The van der Waals surface area contributed by atoms with Gasteiger partial charge in [-0.25, -0.2) is 8.78 Å². The molecule has 1 aromatic carbocycles. The summed E-state index contributed by atoms with van der Waals surface area (Å²) in [7, 11) is 0. The lowest BCUT2D eigenvalue weighted by Gasteiger charge is -2.33. The summed E-state index contributed by atoms with van der Waals surface area (Å²) in [5, 5.41) is 3.33. The van der Waals surface area contributed by atoms with Crippen LogP contribution in [0.1, 0.15) is 29.6 Å². The first-order chi connectivity index (χ1) is 9.60. The zero-order valence-electron chi connectivity index (χ0n) is 11.7. The second-order valence-electron chi connectivity index (χ2n) is 5.86. The normalized spacial score (nSPS) is 20.4. The molecule has 1 amide bonds. The molecule has 2 fully saturated rings. The van der Waals surface area contributed by atoms with Crippen LogP contribution in [0.15, 0.2) is 18.2 Å². The highest BCUT2D eigenvalue weighted by Gasteiger charge is 2.40. The fraction of sp³-hybridized carbons (Fsp3) is 0.533. The van der Waals surface area contributed by atoms with Crippen molar-refractivity contribution in [2.45, 2.75) is 19.3 Å². The quantitative estimate of drug-likeness (QED) is 0.864. The van der Waals surface area contributed by atoms with Gasteiger partial charge in [0.05, 0.1) is 0 Å². The Bertz CT molecular complexity index is 532. The maximum Gasteiger partial charge on any atom is 0.253 e. The molecule has 116 valence electrons. The van der Waals surface area contributed by atoms with Crippen molar-refractivity contribution in [3.8, 4) is 0 Å². The van der Waals surface area contributed by atoms with E-state index in [-0.39, 0.29) is 29.3 Å². The second kappa shape index (κ2) is 6.28. The van der Waals surface area contributed by atoms with Crippen molar-refractivity contribution in [1.29, 1.82) is 0 Å². The van der Waals surface area contributed by atoms with E-state index < -0.39 is 11.6 Å². The van der Waals surface area contributed by atoms with E-state index in [9.17, 15) is 13.6 Å². The lowest BCUT2D eigenvalue weighted by Crippen LogP contribution is -2.39. The topological polar surface area (TPSA) is 32.3 Å². The average Bonchev–Trinajstić information content (AvgIpc) is 2.85. The van der Waals surface area contributed by atoms with Gasteiger partial charge in [-0.1, -0.05) is 0 Å². The number of piperidine rings is 1. The maximum atomic E-state index is 13.2. The van der Waals surface area contributed by atoms with Crippen molar-refractivity contribution in [2.24, 2.45) is 5.41 Å². The monoisotopic (exact) mass is 316 g/mol. The van der Waals surface area contributed by atoms with E-state index in [0.29, 0.717) is 6.54 Å². The van der Waals surface area contributed by atoms with Crippen LogP contribution in [-0.4, -0.2) is 37.0 Å². The highest BCUT2D eigenvalue weighted by molar-refractivity contribution is 5.94. The minimum atomic E-state index is -0.966. The number of carbonyl (C=O) groups is 1. The third-order valence-corrected chi connectivity index (χ3v) is 4.56. The molecule has 1 spiro atoms. The number of rotatable bonds is 1. The van der Waals surface area contributed by atoms with Crippen molar-refractivity contribution in [3.05, 3.63) is 35.4 Å². The Hall–Kier alpha value is -1.20. The molecule has 2 aliphatic heterocycles. The van der Waals surface area contributed by atoms with E-state index in [1.807, 2.05) is 0 Å². The van der Waals surface area contributed by atoms with Gasteiger partial charge >= 0.3 is 0 Å². The molecule has 0 radical (unpaired) electrons. The summed E-state index contributed by atoms with van der Waals surface area (Å²) in [4.78, 5) is 14.1. The molecule has 0 bridgehead atoms. The van der Waals surface area contributed by atoms with Gasteiger partial charge in [-0.15, -0.1) is 12.4 Å². The number of halogens is 3. The van der Waals surface area contributed by atoms with E-state index in [1.54, 1.807) is 4.90 Å². The zero-order chi connectivity index (χ0) is 14.2. The van der Waals surface area contributed by atoms with Crippen LogP contribution in [0.5, 0.6) is 0 Å². The number of hydrogen-bond acceptors (Lipinski definition) is 2. The van der Waals surface area contributed by atoms with Crippen LogP contribution in [0, 0.1) is 17.0 Å². The van der Waals surface area contributed by atoms with Crippen molar-refractivity contribution in [1.82, 2.24) is 10.2 Å². The Kier molecular flexibility index (Phi) is 4.84. The number of benzene rings is 1. The van der Waals surface area contributed by atoms with Crippen LogP contribution >= 0.6 is 12.4 Å². The Morgan fingerprint density at radius 3 is 2.52 bits per heavy atom. The fourth-order valence-electron chi connectivity index (χ4n) is 3.29. The SMILES string of the molecule is Cl.O=C(c1ccc(F)c(F)c1)N1CCC2(CCNCC2)C1. The molecule has 2 heterocycles. The minimum absolute atomic E-state index is 0. The van der Waals surface area contributed by atoms with E-state index in [1.165, 1.54) is 6.07 Å². The summed E-state index contributed by atoms with van der Waals surface area (Å²) < 4.78 is 26.1. The second-order valence-corrected chi connectivity index (χ2v) is 5.86. The highest BCUT2D eigenvalue weighted by atomic mass is 35.5. The lowest BCUT2D eigenvalue weighted by molar-refractivity contribution is 0.0761. The van der Waals surface area contributed by atoms with Crippen LogP contribution < -0.4 is 5.32 Å². The summed E-state index contributed by atoms with van der Waals surface area (Å²) in [6.07, 6.45) is 3.16. The molecule has 0 aromatic heterocycles. The van der Waals surface area contributed by atoms with Gasteiger partial charge in [-0.2, -0.15) is 0 Å². The van der Waals surface area contributed by atoms with Crippen LogP contribution in [0.25, 0.3) is 0 Å². The third-order valence-electron chi connectivity index (χ3n) is 4.56. The average molecular weight is 317 g/mol. The molecule has 3 rings (SSSR count). The van der Waals surface area contributed by atoms with Gasteiger partial charge in [0.2, 0.25) is 0 Å². The third kappa shape index (κ3) is 3.19. The number of nitrogens with zero attached hydrogens (tertiary/aromatic N) is 1. The summed E-state index contributed by atoms with van der Waals surface area (Å²) in [5.41, 5.74) is 0.453. The van der Waals surface area contributed by atoms with Crippen LogP contribution in [0.4, 0.5) is 8.78 Å². The summed E-state index contributed by atoms with van der Waals surface area (Å²) in [5.74, 6) is -2.08. The van der Waals surface area contributed by atoms with E-state index in [0.717, 1.165) is 51.0 Å². The van der Waals surface area contributed by atoms with Gasteiger partial charge in [0, 0.05) is 18.7 Å². The van der Waals surface area contributed by atoms with Gasteiger partial charge in [-0.3, -0.25) is 4.79 Å². The van der Waals surface area contributed by atoms with Crippen LogP contribution in [0.2, 0.25) is 0 Å². The van der Waals surface area contributed by atoms with Gasteiger partial charge < -0.3 is 10.2 Å². The number of carbonyl (C=O) groups excluding carboxylic acids is 1. The Morgan fingerprint density at radius 1 is 1.14 bits per heavy atom. The van der Waals surface area contributed by atoms with Crippen molar-refractivity contribution in [3.63, 3.8) is 0 Å². The van der Waals surface area contributed by atoms with Crippen molar-refractivity contribution >= 4 is 18.3 Å². The number of likely N-dealkylation sites (tertiary alicyclic amines) is 1. The molecular formula is C15H19ClF2N2O. The Balaban J connectivity index is 0.00000161. The first-order valence-electron chi connectivity index (χ1n) is 7.05. The standard InChI is InChI=1S/C15H18F2N2O.ClH/c16-12-2-1-11(9-13(12)17)14(20)19-8-5-15(10-19)3-6-18-7-4-15;/h1-2,9,18H,3-8,10H2;1H. The van der Waals surface area contributed by atoms with Crippen molar-refractivity contribution < 1.29 is 13.6 Å². The molecule has 0 atom stereocenters. The van der Waals surface area contributed by atoms with Gasteiger partial charge in [0.25, 0.3) is 5.91 Å². The molecule has 21 heavy (non-hydrogen) atoms.